The van der Waals surface area contributed by atoms with E-state index in [1.807, 2.05) is 0 Å². The topological polar surface area (TPSA) is 74.6 Å². The van der Waals surface area contributed by atoms with Gasteiger partial charge < -0.3 is 24.4 Å². The van der Waals surface area contributed by atoms with E-state index in [9.17, 15) is 5.11 Å². The molecule has 0 aliphatic rings. The molecule has 0 bridgehead atoms. The summed E-state index contributed by atoms with van der Waals surface area (Å²) in [6.45, 7) is 2.31. The number of aliphatic hydroxyl groups excluding tert-OH is 1. The minimum atomic E-state index is -1.12. The van der Waals surface area contributed by atoms with E-state index in [2.05, 4.69) is 0 Å². The number of ether oxygens (including phenoxy) is 3. The zero-order chi connectivity index (χ0) is 14.7. The first kappa shape index (κ1) is 18.7. The van der Waals surface area contributed by atoms with E-state index in [1.165, 1.54) is 0 Å². The molecule has 0 aromatic carbocycles. The molecule has 2 N–H and O–H groups in total. The lowest BCUT2D eigenvalue weighted by Crippen LogP contribution is -2.58. The first-order valence-corrected chi connectivity index (χ1v) is 6.36. The summed E-state index contributed by atoms with van der Waals surface area (Å²) in [6.07, 6.45) is 0. The fraction of sp³-hybridized carbons (Fsp3) is 1.00. The van der Waals surface area contributed by atoms with E-state index in [0.29, 0.717) is 33.0 Å². The molecule has 0 saturated heterocycles. The number of hydrogen-bond acceptors (Lipinski definition) is 7. The Morgan fingerprint density at radius 3 is 1.63 bits per heavy atom. The summed E-state index contributed by atoms with van der Waals surface area (Å²) >= 11 is 0. The predicted molar refractivity (Wildman–Crippen MR) is 71.9 cm³/mol. The van der Waals surface area contributed by atoms with E-state index >= 15 is 0 Å². The molecule has 116 valence electrons. The summed E-state index contributed by atoms with van der Waals surface area (Å²) in [6, 6.07) is 0. The average molecular weight is 280 g/mol. The maximum Gasteiger partial charge on any atom is 0.200 e. The predicted octanol–water partition coefficient (Wildman–Crippen LogP) is -1.20. The van der Waals surface area contributed by atoms with Gasteiger partial charge >= 0.3 is 0 Å². The average Bonchev–Trinajstić information content (AvgIpc) is 2.36. The summed E-state index contributed by atoms with van der Waals surface area (Å²) in [4.78, 5) is 3.38. The number of hydrogen-bond donors (Lipinski definition) is 2. The maximum atomic E-state index is 10.3. The molecule has 0 radical (unpaired) electrons. The van der Waals surface area contributed by atoms with Crippen LogP contribution in [0.4, 0.5) is 0 Å². The molecular weight excluding hydrogens is 252 g/mol. The first-order chi connectivity index (χ1) is 8.95. The van der Waals surface area contributed by atoms with Crippen LogP contribution < -0.4 is 0 Å². The van der Waals surface area contributed by atoms with Gasteiger partial charge in [-0.25, -0.2) is 0 Å². The van der Waals surface area contributed by atoms with Gasteiger partial charge in [0.2, 0.25) is 0 Å². The summed E-state index contributed by atoms with van der Waals surface area (Å²) in [5, 5.41) is 18.8. The standard InChI is InChI=1S/C12H28N2O5/c1-13(2)12(16,14(3)4)11-19-10-9-18-8-7-17-6-5-15/h15-16H,5-11H2,1-4H3. The van der Waals surface area contributed by atoms with Crippen LogP contribution in [0.1, 0.15) is 0 Å². The van der Waals surface area contributed by atoms with Crippen molar-refractivity contribution in [2.45, 2.75) is 5.85 Å². The van der Waals surface area contributed by atoms with E-state index in [4.69, 9.17) is 19.3 Å². The van der Waals surface area contributed by atoms with Crippen molar-refractivity contribution >= 4 is 0 Å². The molecule has 7 heteroatoms. The van der Waals surface area contributed by atoms with Gasteiger partial charge in [-0.3, -0.25) is 9.80 Å². The Kier molecular flexibility index (Phi) is 10.3. The van der Waals surface area contributed by atoms with Crippen LogP contribution in [-0.4, -0.2) is 100 Å². The molecule has 0 heterocycles. The molecule has 7 nitrogen and oxygen atoms in total. The van der Waals surface area contributed by atoms with Crippen LogP contribution >= 0.6 is 0 Å². The third-order valence-corrected chi connectivity index (χ3v) is 2.71. The molecule has 0 aromatic rings. The summed E-state index contributed by atoms with van der Waals surface area (Å²) < 4.78 is 15.7. The quantitative estimate of drug-likeness (QED) is 0.343. The van der Waals surface area contributed by atoms with Crippen LogP contribution in [-0.2, 0) is 14.2 Å². The van der Waals surface area contributed by atoms with E-state index < -0.39 is 5.85 Å². The summed E-state index contributed by atoms with van der Waals surface area (Å²) in [7, 11) is 7.16. The van der Waals surface area contributed by atoms with Crippen LogP contribution in [0.5, 0.6) is 0 Å². The number of aliphatic hydroxyl groups is 2. The van der Waals surface area contributed by atoms with Gasteiger partial charge in [0.05, 0.1) is 39.6 Å². The molecular formula is C12H28N2O5. The third kappa shape index (κ3) is 7.78. The van der Waals surface area contributed by atoms with Gasteiger partial charge in [0.1, 0.15) is 6.61 Å². The monoisotopic (exact) mass is 280 g/mol. The van der Waals surface area contributed by atoms with Gasteiger partial charge in [0.25, 0.3) is 0 Å². The second-order valence-corrected chi connectivity index (χ2v) is 4.56. The number of nitrogens with zero attached hydrogens (tertiary/aromatic N) is 2. The lowest BCUT2D eigenvalue weighted by Gasteiger charge is -2.39. The van der Waals surface area contributed by atoms with E-state index in [1.54, 1.807) is 38.0 Å². The van der Waals surface area contributed by atoms with Crippen LogP contribution in [0.2, 0.25) is 0 Å². The SMILES string of the molecule is CN(C)C(O)(COCCOCCOCCO)N(C)C. The fourth-order valence-electron chi connectivity index (χ4n) is 1.37. The van der Waals surface area contributed by atoms with E-state index in [-0.39, 0.29) is 13.2 Å². The highest BCUT2D eigenvalue weighted by Crippen LogP contribution is 2.11. The van der Waals surface area contributed by atoms with Crippen molar-refractivity contribution in [3.8, 4) is 0 Å². The molecule has 0 atom stereocenters. The van der Waals surface area contributed by atoms with Crippen LogP contribution in [0, 0.1) is 0 Å². The summed E-state index contributed by atoms with van der Waals surface area (Å²) in [5.74, 6) is -1.12. The van der Waals surface area contributed by atoms with Crippen LogP contribution in [0.25, 0.3) is 0 Å². The normalized spacial score (nSPS) is 12.6. The van der Waals surface area contributed by atoms with Crippen LogP contribution in [0.15, 0.2) is 0 Å². The Labute approximate surface area is 115 Å². The Hall–Kier alpha value is -0.280. The molecule has 0 unspecified atom stereocenters. The molecule has 0 saturated carbocycles. The molecule has 0 aliphatic heterocycles. The molecule has 0 amide bonds. The van der Waals surface area contributed by atoms with Crippen molar-refractivity contribution in [2.24, 2.45) is 0 Å². The van der Waals surface area contributed by atoms with Crippen molar-refractivity contribution in [2.75, 3.05) is 74.4 Å². The lowest BCUT2D eigenvalue weighted by molar-refractivity contribution is -0.216. The fourth-order valence-corrected chi connectivity index (χ4v) is 1.37. The van der Waals surface area contributed by atoms with Crippen LogP contribution in [0.3, 0.4) is 0 Å². The van der Waals surface area contributed by atoms with Gasteiger partial charge in [-0.15, -0.1) is 0 Å². The van der Waals surface area contributed by atoms with Gasteiger partial charge in [-0.1, -0.05) is 0 Å². The maximum absolute atomic E-state index is 10.3. The highest BCUT2D eigenvalue weighted by atomic mass is 16.5. The number of rotatable bonds is 12. The van der Waals surface area contributed by atoms with Crippen molar-refractivity contribution in [1.82, 2.24) is 9.80 Å². The molecule has 0 fully saturated rings. The highest BCUT2D eigenvalue weighted by molar-refractivity contribution is 4.71. The first-order valence-electron chi connectivity index (χ1n) is 6.36. The van der Waals surface area contributed by atoms with Gasteiger partial charge in [0, 0.05) is 0 Å². The molecule has 0 aliphatic carbocycles. The minimum absolute atomic E-state index is 0.0246. The van der Waals surface area contributed by atoms with Gasteiger partial charge in [0.15, 0.2) is 5.85 Å². The zero-order valence-corrected chi connectivity index (χ0v) is 12.5. The molecule has 0 aromatic heterocycles. The lowest BCUT2D eigenvalue weighted by atomic mass is 10.3. The smallest absolute Gasteiger partial charge is 0.200 e. The Balaban J connectivity index is 3.57. The Bertz CT molecular complexity index is 206. The van der Waals surface area contributed by atoms with E-state index in [0.717, 1.165) is 0 Å². The van der Waals surface area contributed by atoms with Gasteiger partial charge in [-0.05, 0) is 28.2 Å². The second-order valence-electron chi connectivity index (χ2n) is 4.56. The van der Waals surface area contributed by atoms with Crippen molar-refractivity contribution in [3.63, 3.8) is 0 Å². The molecule has 0 rings (SSSR count). The Morgan fingerprint density at radius 2 is 1.21 bits per heavy atom. The van der Waals surface area contributed by atoms with Gasteiger partial charge in [-0.2, -0.15) is 0 Å². The molecule has 19 heavy (non-hydrogen) atoms. The minimum Gasteiger partial charge on any atom is -0.394 e. The molecule has 0 spiro atoms. The Morgan fingerprint density at radius 1 is 0.789 bits per heavy atom. The van der Waals surface area contributed by atoms with Crippen molar-refractivity contribution < 1.29 is 24.4 Å². The highest BCUT2D eigenvalue weighted by Gasteiger charge is 2.32. The zero-order valence-electron chi connectivity index (χ0n) is 12.5. The third-order valence-electron chi connectivity index (χ3n) is 2.71. The largest absolute Gasteiger partial charge is 0.394 e. The second kappa shape index (κ2) is 10.5. The summed E-state index contributed by atoms with van der Waals surface area (Å²) in [5.41, 5.74) is 0. The number of likely N-dealkylation sites (N-methyl/N-ethyl adjacent to an activating group) is 2. The van der Waals surface area contributed by atoms with Crippen molar-refractivity contribution in [3.05, 3.63) is 0 Å². The van der Waals surface area contributed by atoms with Crippen molar-refractivity contribution in [1.29, 1.82) is 0 Å².